The fourth-order valence-electron chi connectivity index (χ4n) is 4.29. The van der Waals surface area contributed by atoms with Gasteiger partial charge in [0.15, 0.2) is 11.9 Å². The van der Waals surface area contributed by atoms with Crippen molar-refractivity contribution in [2.45, 2.75) is 38.7 Å². The molecule has 0 saturated carbocycles. The Bertz CT molecular complexity index is 1470. The third-order valence-corrected chi connectivity index (χ3v) is 6.28. The molecule has 6 nitrogen and oxygen atoms in total. The number of oxime groups is 1. The lowest BCUT2D eigenvalue weighted by atomic mass is 9.92. The van der Waals surface area contributed by atoms with E-state index in [-0.39, 0.29) is 24.0 Å². The molecule has 2 atom stereocenters. The van der Waals surface area contributed by atoms with Crippen molar-refractivity contribution < 1.29 is 18.4 Å². The SMILES string of the molecule is Cc1ccc(-c2cc(C(=O)C[C@@H](C)c3ncc(F)cc3F)cc(C3=NO[C@H](c4ccccn4)C3)c2)nc1. The predicted molar refractivity (Wildman–Crippen MR) is 135 cm³/mol. The molecule has 4 aromatic rings. The highest BCUT2D eigenvalue weighted by atomic mass is 19.1. The number of aromatic nitrogens is 3. The monoisotopic (exact) mass is 498 g/mol. The first kappa shape index (κ1) is 24.4. The first-order chi connectivity index (χ1) is 17.9. The van der Waals surface area contributed by atoms with Gasteiger partial charge in [0.1, 0.15) is 11.6 Å². The van der Waals surface area contributed by atoms with Crippen molar-refractivity contribution in [2.24, 2.45) is 5.16 Å². The maximum Gasteiger partial charge on any atom is 0.174 e. The van der Waals surface area contributed by atoms with E-state index in [0.717, 1.165) is 34.6 Å². The summed E-state index contributed by atoms with van der Waals surface area (Å²) in [5.41, 5.74) is 5.18. The van der Waals surface area contributed by atoms with Crippen LogP contribution in [-0.4, -0.2) is 26.4 Å². The van der Waals surface area contributed by atoms with Crippen LogP contribution in [0, 0.1) is 18.6 Å². The summed E-state index contributed by atoms with van der Waals surface area (Å²) < 4.78 is 27.6. The van der Waals surface area contributed by atoms with Crippen LogP contribution in [0.15, 0.2) is 78.3 Å². The average Bonchev–Trinajstić information content (AvgIpc) is 3.40. The Morgan fingerprint density at radius 2 is 1.86 bits per heavy atom. The zero-order chi connectivity index (χ0) is 25.9. The summed E-state index contributed by atoms with van der Waals surface area (Å²) >= 11 is 0. The molecule has 4 heterocycles. The number of hydrogen-bond donors (Lipinski definition) is 0. The normalized spacial score (nSPS) is 15.7. The molecule has 1 aromatic carbocycles. The van der Waals surface area contributed by atoms with E-state index in [4.69, 9.17) is 4.84 Å². The lowest BCUT2D eigenvalue weighted by Crippen LogP contribution is -2.10. The molecule has 1 aliphatic rings. The van der Waals surface area contributed by atoms with E-state index >= 15 is 0 Å². The molecule has 0 fully saturated rings. The van der Waals surface area contributed by atoms with E-state index in [1.54, 1.807) is 31.5 Å². The summed E-state index contributed by atoms with van der Waals surface area (Å²) in [5.74, 6) is -2.27. The molecule has 37 heavy (non-hydrogen) atoms. The van der Waals surface area contributed by atoms with E-state index < -0.39 is 17.6 Å². The summed E-state index contributed by atoms with van der Waals surface area (Å²) in [6.45, 7) is 3.65. The highest BCUT2D eigenvalue weighted by Crippen LogP contribution is 2.31. The minimum atomic E-state index is -0.767. The van der Waals surface area contributed by atoms with Crippen molar-refractivity contribution in [3.63, 3.8) is 0 Å². The Labute approximate surface area is 213 Å². The van der Waals surface area contributed by atoms with Crippen LogP contribution >= 0.6 is 0 Å². The lowest BCUT2D eigenvalue weighted by molar-refractivity contribution is 0.0826. The number of aryl methyl sites for hydroxylation is 1. The molecule has 0 aliphatic carbocycles. The minimum Gasteiger partial charge on any atom is -0.385 e. The molecule has 8 heteroatoms. The van der Waals surface area contributed by atoms with Gasteiger partial charge in [-0.05, 0) is 48.9 Å². The second kappa shape index (κ2) is 10.3. The number of carbonyl (C=O) groups excluding carboxylic acids is 1. The summed E-state index contributed by atoms with van der Waals surface area (Å²) in [5, 5.41) is 4.29. The molecule has 0 bridgehead atoms. The number of nitrogens with zero attached hydrogens (tertiary/aromatic N) is 4. The van der Waals surface area contributed by atoms with Crippen LogP contribution in [0.5, 0.6) is 0 Å². The number of ketones is 1. The number of benzene rings is 1. The minimum absolute atomic E-state index is 0.000686. The molecule has 1 aliphatic heterocycles. The number of Topliss-reactive ketones (excluding diaryl/α,β-unsaturated/α-hetero) is 1. The van der Waals surface area contributed by atoms with Crippen LogP contribution in [0.25, 0.3) is 11.3 Å². The summed E-state index contributed by atoms with van der Waals surface area (Å²) in [6.07, 6.45) is 4.61. The predicted octanol–water partition coefficient (Wildman–Crippen LogP) is 6.37. The molecule has 0 saturated heterocycles. The van der Waals surface area contributed by atoms with Crippen molar-refractivity contribution in [1.29, 1.82) is 0 Å². The maximum absolute atomic E-state index is 14.3. The van der Waals surface area contributed by atoms with Crippen LogP contribution < -0.4 is 0 Å². The number of halogens is 2. The summed E-state index contributed by atoms with van der Waals surface area (Å²) in [7, 11) is 0. The molecule has 186 valence electrons. The van der Waals surface area contributed by atoms with E-state index in [1.807, 2.05) is 43.3 Å². The van der Waals surface area contributed by atoms with Crippen molar-refractivity contribution in [3.8, 4) is 11.3 Å². The van der Waals surface area contributed by atoms with Crippen LogP contribution in [0.2, 0.25) is 0 Å². The third-order valence-electron chi connectivity index (χ3n) is 6.28. The molecular weight excluding hydrogens is 474 g/mol. The molecule has 0 amide bonds. The number of carbonyl (C=O) groups is 1. The summed E-state index contributed by atoms with van der Waals surface area (Å²) in [4.78, 5) is 31.8. The van der Waals surface area contributed by atoms with Crippen LogP contribution in [0.1, 0.15) is 64.7 Å². The zero-order valence-electron chi connectivity index (χ0n) is 20.4. The third kappa shape index (κ3) is 5.43. The zero-order valence-corrected chi connectivity index (χ0v) is 20.4. The van der Waals surface area contributed by atoms with Gasteiger partial charge in [-0.3, -0.25) is 19.7 Å². The van der Waals surface area contributed by atoms with Crippen molar-refractivity contribution in [1.82, 2.24) is 15.0 Å². The van der Waals surface area contributed by atoms with E-state index in [9.17, 15) is 13.6 Å². The second-order valence-electron chi connectivity index (χ2n) is 9.16. The average molecular weight is 499 g/mol. The van der Waals surface area contributed by atoms with Gasteiger partial charge in [-0.25, -0.2) is 8.78 Å². The Balaban J connectivity index is 1.46. The van der Waals surface area contributed by atoms with Crippen molar-refractivity contribution in [3.05, 3.63) is 113 Å². The lowest BCUT2D eigenvalue weighted by Gasteiger charge is -2.13. The van der Waals surface area contributed by atoms with Crippen LogP contribution in [-0.2, 0) is 4.84 Å². The Morgan fingerprint density at radius 1 is 1.03 bits per heavy atom. The molecule has 0 N–H and O–H groups in total. The van der Waals surface area contributed by atoms with E-state index in [1.165, 1.54) is 0 Å². The molecule has 0 spiro atoms. The van der Waals surface area contributed by atoms with E-state index in [0.29, 0.717) is 23.4 Å². The Kier molecular flexibility index (Phi) is 6.81. The van der Waals surface area contributed by atoms with Gasteiger partial charge in [0.25, 0.3) is 0 Å². The Hall–Kier alpha value is -4.33. The number of hydrogen-bond acceptors (Lipinski definition) is 6. The topological polar surface area (TPSA) is 77.3 Å². The van der Waals surface area contributed by atoms with Gasteiger partial charge in [-0.15, -0.1) is 0 Å². The van der Waals surface area contributed by atoms with Gasteiger partial charge in [0.05, 0.1) is 29.0 Å². The first-order valence-corrected chi connectivity index (χ1v) is 11.9. The second-order valence-corrected chi connectivity index (χ2v) is 9.16. The fraction of sp³-hybridized carbons (Fsp3) is 0.207. The highest BCUT2D eigenvalue weighted by Gasteiger charge is 2.26. The highest BCUT2D eigenvalue weighted by molar-refractivity contribution is 6.05. The molecule has 3 aromatic heterocycles. The molecule has 5 rings (SSSR count). The first-order valence-electron chi connectivity index (χ1n) is 11.9. The van der Waals surface area contributed by atoms with Crippen LogP contribution in [0.4, 0.5) is 8.78 Å². The summed E-state index contributed by atoms with van der Waals surface area (Å²) in [6, 6.07) is 15.7. The Morgan fingerprint density at radius 3 is 2.59 bits per heavy atom. The van der Waals surface area contributed by atoms with Crippen LogP contribution in [0.3, 0.4) is 0 Å². The largest absolute Gasteiger partial charge is 0.385 e. The van der Waals surface area contributed by atoms with Gasteiger partial charge in [-0.1, -0.05) is 24.2 Å². The fourth-order valence-corrected chi connectivity index (χ4v) is 4.29. The van der Waals surface area contributed by atoms with Gasteiger partial charge in [-0.2, -0.15) is 0 Å². The van der Waals surface area contributed by atoms with Crippen molar-refractivity contribution in [2.75, 3.05) is 0 Å². The number of rotatable bonds is 7. The van der Waals surface area contributed by atoms with E-state index in [2.05, 4.69) is 20.1 Å². The molecule has 0 radical (unpaired) electrons. The van der Waals surface area contributed by atoms with Gasteiger partial charge >= 0.3 is 0 Å². The van der Waals surface area contributed by atoms with Gasteiger partial charge in [0, 0.05) is 53.9 Å². The van der Waals surface area contributed by atoms with Gasteiger partial charge in [0.2, 0.25) is 0 Å². The quantitative estimate of drug-likeness (QED) is 0.277. The standard InChI is InChI=1S/C29H24F2N4O2/c1-17-6-7-24(33-15-17)19-10-20(26-14-28(37-35-26)25-5-3-4-8-32-25)12-21(11-19)27(36)9-18(2)29-23(31)13-22(30)16-34-29/h3-8,10-13,15-16,18,28H,9,14H2,1-2H3/t18-,28+/m1/s1. The van der Waals surface area contributed by atoms with Crippen molar-refractivity contribution >= 4 is 11.5 Å². The maximum atomic E-state index is 14.3. The van der Waals surface area contributed by atoms with Gasteiger partial charge < -0.3 is 4.84 Å². The molecule has 0 unspecified atom stereocenters. The smallest absolute Gasteiger partial charge is 0.174 e. The number of pyridine rings is 3. The molecular formula is C29H24F2N4O2.